The molecule has 1 atom stereocenters. The van der Waals surface area contributed by atoms with Gasteiger partial charge in [-0.2, -0.15) is 4.40 Å². The van der Waals surface area contributed by atoms with Crippen molar-refractivity contribution < 1.29 is 12.6 Å². The fourth-order valence-corrected chi connectivity index (χ4v) is 2.40. The van der Waals surface area contributed by atoms with E-state index in [1.807, 2.05) is 20.8 Å². The van der Waals surface area contributed by atoms with Crippen LogP contribution in [0.3, 0.4) is 0 Å². The zero-order valence-corrected chi connectivity index (χ0v) is 13.0. The fraction of sp³-hybridized carbons (Fsp3) is 0.417. The summed E-state index contributed by atoms with van der Waals surface area (Å²) < 4.78 is 38.1. The molecule has 1 aromatic carbocycles. The highest BCUT2D eigenvalue weighted by atomic mass is 32.2. The lowest BCUT2D eigenvalue weighted by Crippen LogP contribution is -2.20. The predicted molar refractivity (Wildman–Crippen MR) is 77.9 cm³/mol. The minimum absolute atomic E-state index is 0.0149. The zero-order valence-electron chi connectivity index (χ0n) is 11.4. The molecule has 0 saturated carbocycles. The molecule has 0 fully saturated rings. The van der Waals surface area contributed by atoms with Crippen LogP contribution in [-0.4, -0.2) is 23.1 Å². The molecule has 0 amide bonds. The van der Waals surface area contributed by atoms with Gasteiger partial charge in [-0.1, -0.05) is 12.1 Å². The van der Waals surface area contributed by atoms with E-state index in [1.54, 1.807) is 19.1 Å². The Bertz CT molecular complexity index is 629. The highest BCUT2D eigenvalue weighted by Crippen LogP contribution is 2.15. The molecule has 0 aliphatic rings. The third-order valence-corrected chi connectivity index (χ3v) is 4.72. The molecule has 0 heterocycles. The Morgan fingerprint density at radius 1 is 1.32 bits per heavy atom. The normalized spacial score (nSPS) is 15.3. The summed E-state index contributed by atoms with van der Waals surface area (Å²) >= 11 is 0. The molecule has 0 aliphatic heterocycles. The fourth-order valence-electron chi connectivity index (χ4n) is 1.21. The van der Waals surface area contributed by atoms with E-state index in [0.29, 0.717) is 11.3 Å². The molecule has 7 heteroatoms. The number of sulfonamides is 1. The Kier molecular flexibility index (Phi) is 4.65. The Balaban J connectivity index is 3.18. The second kappa shape index (κ2) is 5.52. The third kappa shape index (κ3) is 4.52. The van der Waals surface area contributed by atoms with Gasteiger partial charge < -0.3 is 0 Å². The first-order chi connectivity index (χ1) is 8.51. The maximum Gasteiger partial charge on any atom is 0.238 e. The van der Waals surface area contributed by atoms with Crippen molar-refractivity contribution in [1.82, 2.24) is 0 Å². The monoisotopic (exact) mass is 302 g/mol. The smallest absolute Gasteiger partial charge is 0.234 e. The van der Waals surface area contributed by atoms with E-state index in [0.717, 1.165) is 0 Å². The third-order valence-electron chi connectivity index (χ3n) is 2.32. The van der Waals surface area contributed by atoms with Crippen molar-refractivity contribution in [3.8, 4) is 0 Å². The maximum absolute atomic E-state index is 11.9. The molecule has 0 aliphatic carbocycles. The molecule has 19 heavy (non-hydrogen) atoms. The van der Waals surface area contributed by atoms with Gasteiger partial charge in [-0.15, -0.1) is 0 Å². The molecule has 0 radical (unpaired) electrons. The SMILES string of the molecule is CC(=N[S@@](=O)C(C)(C)C)c1cccc(S(N)(=O)=O)c1. The highest BCUT2D eigenvalue weighted by Gasteiger charge is 2.19. The van der Waals surface area contributed by atoms with Gasteiger partial charge in [-0.25, -0.2) is 17.8 Å². The average molecular weight is 302 g/mol. The first kappa shape index (κ1) is 16.0. The van der Waals surface area contributed by atoms with Crippen LogP contribution in [0, 0.1) is 0 Å². The summed E-state index contributed by atoms with van der Waals surface area (Å²) in [5, 5.41) is 5.07. The molecule has 1 aromatic rings. The second-order valence-electron chi connectivity index (χ2n) is 5.11. The highest BCUT2D eigenvalue weighted by molar-refractivity contribution is 7.89. The first-order valence-corrected chi connectivity index (χ1v) is 8.27. The van der Waals surface area contributed by atoms with Crippen molar-refractivity contribution in [2.24, 2.45) is 9.54 Å². The van der Waals surface area contributed by atoms with E-state index in [4.69, 9.17) is 5.14 Å². The molecule has 0 bridgehead atoms. The molecule has 106 valence electrons. The molecule has 0 aromatic heterocycles. The molecular weight excluding hydrogens is 284 g/mol. The summed E-state index contributed by atoms with van der Waals surface area (Å²) in [4.78, 5) is 0.0149. The summed E-state index contributed by atoms with van der Waals surface area (Å²) in [5.41, 5.74) is 1.10. The lowest BCUT2D eigenvalue weighted by molar-refractivity contribution is 0.598. The number of nitrogens with two attached hydrogens (primary N) is 1. The van der Waals surface area contributed by atoms with E-state index in [9.17, 15) is 12.6 Å². The number of rotatable bonds is 3. The largest absolute Gasteiger partial charge is 0.238 e. The Hall–Kier alpha value is -1.05. The van der Waals surface area contributed by atoms with Crippen molar-refractivity contribution in [1.29, 1.82) is 0 Å². The summed E-state index contributed by atoms with van der Waals surface area (Å²) in [5.74, 6) is 0. The second-order valence-corrected chi connectivity index (χ2v) is 8.58. The first-order valence-electron chi connectivity index (χ1n) is 5.62. The summed E-state index contributed by atoms with van der Waals surface area (Å²) in [6.45, 7) is 7.15. The summed E-state index contributed by atoms with van der Waals surface area (Å²) in [6.07, 6.45) is 0. The molecule has 0 spiro atoms. The van der Waals surface area contributed by atoms with Crippen LogP contribution >= 0.6 is 0 Å². The summed E-state index contributed by atoms with van der Waals surface area (Å²) in [7, 11) is -5.13. The van der Waals surface area contributed by atoms with Gasteiger partial charge in [-0.05, 0) is 45.4 Å². The van der Waals surface area contributed by atoms with Crippen molar-refractivity contribution >= 4 is 26.7 Å². The summed E-state index contributed by atoms with van der Waals surface area (Å²) in [6, 6.07) is 6.11. The van der Waals surface area contributed by atoms with Crippen LogP contribution in [0.15, 0.2) is 33.6 Å². The van der Waals surface area contributed by atoms with Crippen LogP contribution in [0.1, 0.15) is 33.3 Å². The van der Waals surface area contributed by atoms with Gasteiger partial charge in [0.25, 0.3) is 0 Å². The number of hydrogen-bond acceptors (Lipinski definition) is 3. The molecule has 0 unspecified atom stereocenters. The Morgan fingerprint density at radius 3 is 2.37 bits per heavy atom. The van der Waals surface area contributed by atoms with Gasteiger partial charge >= 0.3 is 0 Å². The molecule has 2 N–H and O–H groups in total. The molecule has 5 nitrogen and oxygen atoms in total. The molecule has 0 saturated heterocycles. The van der Waals surface area contributed by atoms with Crippen LogP contribution in [-0.2, 0) is 21.0 Å². The van der Waals surface area contributed by atoms with E-state index in [-0.39, 0.29) is 4.90 Å². The lowest BCUT2D eigenvalue weighted by Gasteiger charge is -2.14. The van der Waals surface area contributed by atoms with Crippen LogP contribution in [0.4, 0.5) is 0 Å². The zero-order chi connectivity index (χ0) is 14.8. The number of primary sulfonamides is 1. The Morgan fingerprint density at radius 2 is 1.89 bits per heavy atom. The van der Waals surface area contributed by atoms with Gasteiger partial charge in [0.1, 0.15) is 11.0 Å². The quantitative estimate of drug-likeness (QED) is 0.860. The van der Waals surface area contributed by atoms with Gasteiger partial charge in [0.2, 0.25) is 10.0 Å². The number of nitrogens with zero attached hydrogens (tertiary/aromatic N) is 1. The predicted octanol–water partition coefficient (Wildman–Crippen LogP) is 1.61. The lowest BCUT2D eigenvalue weighted by atomic mass is 10.1. The molecule has 1 rings (SSSR count). The minimum Gasteiger partial charge on any atom is -0.234 e. The van der Waals surface area contributed by atoms with Gasteiger partial charge in [0.15, 0.2) is 0 Å². The topological polar surface area (TPSA) is 89.6 Å². The standard InChI is InChI=1S/C12H18N2O3S2/c1-9(14-18(15)12(2,3)4)10-6-5-7-11(8-10)19(13,16)17/h5-8H,1-4H3,(H2,13,16,17)/t18-/m0/s1. The van der Waals surface area contributed by atoms with Gasteiger partial charge in [-0.3, -0.25) is 0 Å². The van der Waals surface area contributed by atoms with Crippen molar-refractivity contribution in [2.75, 3.05) is 0 Å². The van der Waals surface area contributed by atoms with E-state index in [2.05, 4.69) is 4.40 Å². The van der Waals surface area contributed by atoms with E-state index < -0.39 is 25.8 Å². The number of hydrogen-bond donors (Lipinski definition) is 1. The van der Waals surface area contributed by atoms with Crippen LogP contribution in [0.2, 0.25) is 0 Å². The van der Waals surface area contributed by atoms with Gasteiger partial charge in [0, 0.05) is 0 Å². The van der Waals surface area contributed by atoms with Crippen LogP contribution in [0.25, 0.3) is 0 Å². The van der Waals surface area contributed by atoms with E-state index >= 15 is 0 Å². The van der Waals surface area contributed by atoms with Crippen LogP contribution in [0.5, 0.6) is 0 Å². The average Bonchev–Trinajstić information content (AvgIpc) is 2.26. The van der Waals surface area contributed by atoms with E-state index in [1.165, 1.54) is 12.1 Å². The van der Waals surface area contributed by atoms with Gasteiger partial charge in [0.05, 0.1) is 15.4 Å². The Labute approximate surface area is 116 Å². The number of benzene rings is 1. The molecular formula is C12H18N2O3S2. The van der Waals surface area contributed by atoms with Crippen molar-refractivity contribution in [2.45, 2.75) is 37.3 Å². The minimum atomic E-state index is -3.75. The van der Waals surface area contributed by atoms with Crippen molar-refractivity contribution in [3.63, 3.8) is 0 Å². The maximum atomic E-state index is 11.9. The van der Waals surface area contributed by atoms with Crippen LogP contribution < -0.4 is 5.14 Å². The van der Waals surface area contributed by atoms with Crippen molar-refractivity contribution in [3.05, 3.63) is 29.8 Å².